The summed E-state index contributed by atoms with van der Waals surface area (Å²) in [6.07, 6.45) is 7.52. The molecule has 1 saturated carbocycles. The quantitative estimate of drug-likeness (QED) is 0.346. The highest BCUT2D eigenvalue weighted by atomic mass is 16.5. The second-order valence-electron chi connectivity index (χ2n) is 6.83. The van der Waals surface area contributed by atoms with Gasteiger partial charge in [-0.2, -0.15) is 0 Å². The number of hydrogen-bond donors (Lipinski definition) is 3. The van der Waals surface area contributed by atoms with Crippen molar-refractivity contribution in [2.45, 2.75) is 32.1 Å². The third kappa shape index (κ3) is 6.88. The fraction of sp³-hybridized carbons (Fsp3) is 0.550. The lowest BCUT2D eigenvalue weighted by atomic mass is 9.80. The molecule has 4 N–H and O–H groups in total. The van der Waals surface area contributed by atoms with Gasteiger partial charge < -0.3 is 10.1 Å². The van der Waals surface area contributed by atoms with Crippen molar-refractivity contribution in [3.63, 3.8) is 0 Å². The molecule has 5 nitrogen and oxygen atoms in total. The molecule has 0 aliphatic heterocycles. The molecule has 0 heterocycles. The number of para-hydroxylation sites is 1. The minimum atomic E-state index is -0.267. The Morgan fingerprint density at radius 1 is 1.24 bits per heavy atom. The third-order valence-corrected chi connectivity index (χ3v) is 5.03. The van der Waals surface area contributed by atoms with Gasteiger partial charge in [0, 0.05) is 13.1 Å². The summed E-state index contributed by atoms with van der Waals surface area (Å²) in [4.78, 5) is 12.1. The molecule has 1 atom stereocenters. The van der Waals surface area contributed by atoms with Crippen molar-refractivity contribution in [2.75, 3.05) is 19.7 Å². The highest BCUT2D eigenvalue weighted by Gasteiger charge is 2.22. The van der Waals surface area contributed by atoms with Gasteiger partial charge in [-0.05, 0) is 56.1 Å². The molecule has 0 aromatic heterocycles. The lowest BCUT2D eigenvalue weighted by molar-refractivity contribution is -0.123. The molecular weight excluding hydrogens is 314 g/mol. The van der Waals surface area contributed by atoms with Crippen molar-refractivity contribution >= 4 is 5.91 Å². The number of benzene rings is 1. The topological polar surface area (TPSA) is 76.4 Å². The van der Waals surface area contributed by atoms with Gasteiger partial charge in [-0.3, -0.25) is 16.1 Å². The fourth-order valence-corrected chi connectivity index (χ4v) is 3.37. The number of nitrogens with one attached hydrogen (secondary N) is 2. The van der Waals surface area contributed by atoms with Gasteiger partial charge in [0.1, 0.15) is 5.75 Å². The van der Waals surface area contributed by atoms with E-state index in [9.17, 15) is 4.79 Å². The fourth-order valence-electron chi connectivity index (χ4n) is 3.37. The number of nitrogens with two attached hydrogens (primary N) is 1. The van der Waals surface area contributed by atoms with E-state index in [2.05, 4.69) is 17.3 Å². The van der Waals surface area contributed by atoms with E-state index in [4.69, 9.17) is 10.6 Å². The molecule has 0 radical (unpaired) electrons. The monoisotopic (exact) mass is 345 g/mol. The maximum absolute atomic E-state index is 12.1. The summed E-state index contributed by atoms with van der Waals surface area (Å²) in [5.74, 6) is 7.28. The highest BCUT2D eigenvalue weighted by molar-refractivity contribution is 5.80. The SMILES string of the molecule is C=CC(CNN)C(=O)NC[C@H]1CC[C@@H](CCOc2ccccc2)CC1. The van der Waals surface area contributed by atoms with Gasteiger partial charge in [0.15, 0.2) is 0 Å². The van der Waals surface area contributed by atoms with Gasteiger partial charge in [-0.25, -0.2) is 0 Å². The van der Waals surface area contributed by atoms with Gasteiger partial charge in [0.25, 0.3) is 0 Å². The average molecular weight is 345 g/mol. The molecule has 1 aromatic rings. The van der Waals surface area contributed by atoms with E-state index in [1.54, 1.807) is 6.08 Å². The summed E-state index contributed by atoms with van der Waals surface area (Å²) in [5, 5.41) is 3.04. The predicted octanol–water partition coefficient (Wildman–Crippen LogP) is 2.64. The normalized spacial score (nSPS) is 21.3. The van der Waals surface area contributed by atoms with Crippen molar-refractivity contribution < 1.29 is 9.53 Å². The molecule has 0 spiro atoms. The van der Waals surface area contributed by atoms with Crippen LogP contribution in [-0.2, 0) is 4.79 Å². The Labute approximate surface area is 151 Å². The Hall–Kier alpha value is -1.85. The van der Waals surface area contributed by atoms with Crippen LogP contribution in [0.5, 0.6) is 5.75 Å². The minimum Gasteiger partial charge on any atom is -0.494 e. The first-order valence-electron chi connectivity index (χ1n) is 9.24. The standard InChI is InChI=1S/C20H31N3O2/c1-2-18(15-23-21)20(24)22-14-17-10-8-16(9-11-17)12-13-25-19-6-4-3-5-7-19/h2-7,16-18,23H,1,8-15,21H2,(H,22,24)/t16-,17+,18?. The number of carbonyl (C=O) groups excluding carboxylic acids is 1. The number of rotatable bonds is 10. The van der Waals surface area contributed by atoms with Crippen molar-refractivity contribution in [1.82, 2.24) is 10.7 Å². The summed E-state index contributed by atoms with van der Waals surface area (Å²) >= 11 is 0. The number of hydrazine groups is 1. The molecule has 5 heteroatoms. The van der Waals surface area contributed by atoms with Crippen LogP contribution in [0.4, 0.5) is 0 Å². The first-order valence-corrected chi connectivity index (χ1v) is 9.24. The zero-order valence-electron chi connectivity index (χ0n) is 15.0. The molecule has 1 aliphatic carbocycles. The molecule has 1 amide bonds. The summed E-state index contributed by atoms with van der Waals surface area (Å²) in [7, 11) is 0. The molecule has 1 fully saturated rings. The van der Waals surface area contributed by atoms with Gasteiger partial charge >= 0.3 is 0 Å². The van der Waals surface area contributed by atoms with Crippen LogP contribution in [0.1, 0.15) is 32.1 Å². The van der Waals surface area contributed by atoms with Crippen molar-refractivity contribution in [1.29, 1.82) is 0 Å². The Balaban J connectivity index is 1.59. The molecule has 0 bridgehead atoms. The Bertz CT molecular complexity index is 513. The molecular formula is C20H31N3O2. The zero-order chi connectivity index (χ0) is 17.9. The second kappa shape index (κ2) is 10.9. The van der Waals surface area contributed by atoms with Crippen molar-refractivity contribution in [2.24, 2.45) is 23.6 Å². The van der Waals surface area contributed by atoms with E-state index < -0.39 is 0 Å². The molecule has 138 valence electrons. The molecule has 1 aliphatic rings. The minimum absolute atomic E-state index is 0.00587. The van der Waals surface area contributed by atoms with E-state index in [0.717, 1.165) is 31.2 Å². The summed E-state index contributed by atoms with van der Waals surface area (Å²) in [6, 6.07) is 9.98. The van der Waals surface area contributed by atoms with Crippen LogP contribution in [0, 0.1) is 17.8 Å². The lowest BCUT2D eigenvalue weighted by Crippen LogP contribution is -2.40. The van der Waals surface area contributed by atoms with Crippen LogP contribution in [-0.4, -0.2) is 25.6 Å². The molecule has 25 heavy (non-hydrogen) atoms. The number of hydrogen-bond acceptors (Lipinski definition) is 4. The van der Waals surface area contributed by atoms with Gasteiger partial charge in [0.2, 0.25) is 5.91 Å². The maximum Gasteiger partial charge on any atom is 0.228 e. The Kier molecular flexibility index (Phi) is 8.49. The lowest BCUT2D eigenvalue weighted by Gasteiger charge is -2.29. The first kappa shape index (κ1) is 19.5. The van der Waals surface area contributed by atoms with Gasteiger partial charge in [-0.15, -0.1) is 6.58 Å². The summed E-state index contributed by atoms with van der Waals surface area (Å²) < 4.78 is 5.79. The Morgan fingerprint density at radius 2 is 1.92 bits per heavy atom. The van der Waals surface area contributed by atoms with Crippen molar-refractivity contribution in [3.05, 3.63) is 43.0 Å². The van der Waals surface area contributed by atoms with Crippen LogP contribution < -0.4 is 21.3 Å². The van der Waals surface area contributed by atoms with Crippen LogP contribution >= 0.6 is 0 Å². The number of ether oxygens (including phenoxy) is 1. The van der Waals surface area contributed by atoms with Crippen LogP contribution in [0.15, 0.2) is 43.0 Å². The van der Waals surface area contributed by atoms with E-state index >= 15 is 0 Å². The molecule has 2 rings (SSSR count). The summed E-state index contributed by atoms with van der Waals surface area (Å²) in [6.45, 7) is 5.64. The second-order valence-corrected chi connectivity index (χ2v) is 6.83. The summed E-state index contributed by atoms with van der Waals surface area (Å²) in [5.41, 5.74) is 2.53. The smallest absolute Gasteiger partial charge is 0.228 e. The van der Waals surface area contributed by atoms with E-state index in [-0.39, 0.29) is 11.8 Å². The van der Waals surface area contributed by atoms with Gasteiger partial charge in [-0.1, -0.05) is 24.3 Å². The Morgan fingerprint density at radius 3 is 2.56 bits per heavy atom. The molecule has 1 unspecified atom stereocenters. The highest BCUT2D eigenvalue weighted by Crippen LogP contribution is 2.30. The van der Waals surface area contributed by atoms with Gasteiger partial charge in [0.05, 0.1) is 12.5 Å². The number of carbonyl (C=O) groups is 1. The molecule has 1 aromatic carbocycles. The predicted molar refractivity (Wildman–Crippen MR) is 101 cm³/mol. The van der Waals surface area contributed by atoms with Crippen LogP contribution in [0.2, 0.25) is 0 Å². The molecule has 0 saturated heterocycles. The van der Waals surface area contributed by atoms with Crippen molar-refractivity contribution in [3.8, 4) is 5.75 Å². The first-order chi connectivity index (χ1) is 12.2. The third-order valence-electron chi connectivity index (χ3n) is 5.03. The van der Waals surface area contributed by atoms with Crippen LogP contribution in [0.3, 0.4) is 0 Å². The maximum atomic E-state index is 12.1. The van der Waals surface area contributed by atoms with E-state index in [1.807, 2.05) is 30.3 Å². The number of amides is 1. The van der Waals surface area contributed by atoms with E-state index in [0.29, 0.717) is 12.5 Å². The largest absolute Gasteiger partial charge is 0.494 e. The average Bonchev–Trinajstić information content (AvgIpc) is 2.66. The van der Waals surface area contributed by atoms with E-state index in [1.165, 1.54) is 25.7 Å². The van der Waals surface area contributed by atoms with Crippen LogP contribution in [0.25, 0.3) is 0 Å². The zero-order valence-corrected chi connectivity index (χ0v) is 15.0.